The standard InChI is InChI=1S/C19H14N4O3/c24-18(14-7-10-20-11-8-14)23-22-13-15-4-1-2-6-17(15)26-19(25)16-5-3-9-21-12-16/h1-13H,(H,23,24)/b22-13-. The molecule has 2 heterocycles. The summed E-state index contributed by atoms with van der Waals surface area (Å²) in [5.41, 5.74) is 3.73. The molecule has 0 saturated carbocycles. The van der Waals surface area contributed by atoms with E-state index in [0.29, 0.717) is 22.4 Å². The molecule has 0 atom stereocenters. The lowest BCUT2D eigenvalue weighted by Gasteiger charge is -2.07. The summed E-state index contributed by atoms with van der Waals surface area (Å²) in [6.07, 6.45) is 7.44. The Hall–Kier alpha value is -3.87. The fourth-order valence-electron chi connectivity index (χ4n) is 2.05. The zero-order valence-electron chi connectivity index (χ0n) is 13.6. The average Bonchev–Trinajstić information content (AvgIpc) is 2.70. The zero-order chi connectivity index (χ0) is 18.2. The minimum atomic E-state index is -0.528. The third kappa shape index (κ3) is 4.35. The van der Waals surface area contributed by atoms with E-state index in [1.54, 1.807) is 54.7 Å². The highest BCUT2D eigenvalue weighted by Crippen LogP contribution is 2.17. The van der Waals surface area contributed by atoms with Crippen LogP contribution in [0.4, 0.5) is 0 Å². The van der Waals surface area contributed by atoms with Crippen LogP contribution in [0.15, 0.2) is 78.4 Å². The molecule has 0 unspecified atom stereocenters. The van der Waals surface area contributed by atoms with Gasteiger partial charge in [-0.2, -0.15) is 5.10 Å². The first-order valence-corrected chi connectivity index (χ1v) is 7.69. The second-order valence-electron chi connectivity index (χ2n) is 5.10. The van der Waals surface area contributed by atoms with E-state index in [2.05, 4.69) is 20.5 Å². The summed E-state index contributed by atoms with van der Waals surface area (Å²) >= 11 is 0. The number of ether oxygens (including phenoxy) is 1. The molecular formula is C19H14N4O3. The van der Waals surface area contributed by atoms with Crippen molar-refractivity contribution in [3.05, 3.63) is 90.0 Å². The molecule has 1 amide bonds. The van der Waals surface area contributed by atoms with Crippen LogP contribution in [0.3, 0.4) is 0 Å². The number of nitrogens with one attached hydrogen (secondary N) is 1. The third-order valence-corrected chi connectivity index (χ3v) is 3.33. The number of hydrogen-bond donors (Lipinski definition) is 1. The number of hydrazone groups is 1. The number of rotatable bonds is 5. The van der Waals surface area contributed by atoms with Gasteiger partial charge in [-0.15, -0.1) is 0 Å². The lowest BCUT2D eigenvalue weighted by molar-refractivity contribution is 0.0733. The Morgan fingerprint density at radius 1 is 0.923 bits per heavy atom. The molecule has 0 spiro atoms. The fourth-order valence-corrected chi connectivity index (χ4v) is 2.05. The van der Waals surface area contributed by atoms with Crippen molar-refractivity contribution in [2.75, 3.05) is 0 Å². The van der Waals surface area contributed by atoms with Crippen LogP contribution in [-0.2, 0) is 0 Å². The number of carbonyl (C=O) groups is 2. The zero-order valence-corrected chi connectivity index (χ0v) is 13.6. The minimum Gasteiger partial charge on any atom is -0.422 e. The van der Waals surface area contributed by atoms with Crippen LogP contribution in [0.2, 0.25) is 0 Å². The highest BCUT2D eigenvalue weighted by Gasteiger charge is 2.10. The number of carbonyl (C=O) groups excluding carboxylic acids is 2. The lowest BCUT2D eigenvalue weighted by atomic mass is 10.2. The summed E-state index contributed by atoms with van der Waals surface area (Å²) in [7, 11) is 0. The summed E-state index contributed by atoms with van der Waals surface area (Å²) < 4.78 is 5.38. The number of esters is 1. The summed E-state index contributed by atoms with van der Waals surface area (Å²) in [5.74, 6) is -0.573. The monoisotopic (exact) mass is 346 g/mol. The molecule has 128 valence electrons. The lowest BCUT2D eigenvalue weighted by Crippen LogP contribution is -2.17. The molecule has 1 N–H and O–H groups in total. The topological polar surface area (TPSA) is 93.5 Å². The fraction of sp³-hybridized carbons (Fsp3) is 0. The van der Waals surface area contributed by atoms with Gasteiger partial charge < -0.3 is 4.74 Å². The molecule has 0 aliphatic heterocycles. The van der Waals surface area contributed by atoms with E-state index in [9.17, 15) is 9.59 Å². The number of hydrogen-bond acceptors (Lipinski definition) is 6. The smallest absolute Gasteiger partial charge is 0.345 e. The first-order valence-electron chi connectivity index (χ1n) is 7.69. The predicted molar refractivity (Wildman–Crippen MR) is 94.9 cm³/mol. The Kier molecular flexibility index (Phi) is 5.41. The predicted octanol–water partition coefficient (Wildman–Crippen LogP) is 2.46. The SMILES string of the molecule is O=C(N/N=C\c1ccccc1OC(=O)c1cccnc1)c1ccncc1. The van der Waals surface area contributed by atoms with Crippen LogP contribution in [0, 0.1) is 0 Å². The Morgan fingerprint density at radius 2 is 1.73 bits per heavy atom. The molecule has 3 rings (SSSR count). The number of aromatic nitrogens is 2. The van der Waals surface area contributed by atoms with Crippen LogP contribution in [-0.4, -0.2) is 28.1 Å². The van der Waals surface area contributed by atoms with E-state index < -0.39 is 5.97 Å². The Balaban J connectivity index is 1.69. The van der Waals surface area contributed by atoms with Crippen LogP contribution in [0.1, 0.15) is 26.3 Å². The van der Waals surface area contributed by atoms with Crippen molar-refractivity contribution in [2.24, 2.45) is 5.10 Å². The Morgan fingerprint density at radius 3 is 2.50 bits per heavy atom. The molecule has 0 radical (unpaired) electrons. The number of pyridine rings is 2. The highest BCUT2D eigenvalue weighted by molar-refractivity contribution is 5.95. The van der Waals surface area contributed by atoms with Crippen LogP contribution < -0.4 is 10.2 Å². The summed E-state index contributed by atoms with van der Waals surface area (Å²) in [5, 5.41) is 3.91. The largest absolute Gasteiger partial charge is 0.422 e. The Bertz CT molecular complexity index is 928. The molecular weight excluding hydrogens is 332 g/mol. The third-order valence-electron chi connectivity index (χ3n) is 3.33. The van der Waals surface area contributed by atoms with E-state index >= 15 is 0 Å². The normalized spacial score (nSPS) is 10.5. The van der Waals surface area contributed by atoms with E-state index in [0.717, 1.165) is 0 Å². The number of nitrogens with zero attached hydrogens (tertiary/aromatic N) is 3. The van der Waals surface area contributed by atoms with Crippen LogP contribution in [0.5, 0.6) is 5.75 Å². The first kappa shape index (κ1) is 17.0. The highest BCUT2D eigenvalue weighted by atomic mass is 16.5. The maximum atomic E-state index is 12.2. The summed E-state index contributed by atoms with van der Waals surface area (Å²) in [6.45, 7) is 0. The van der Waals surface area contributed by atoms with Gasteiger partial charge in [0.2, 0.25) is 0 Å². The maximum Gasteiger partial charge on any atom is 0.345 e. The van der Waals surface area contributed by atoms with Crippen molar-refractivity contribution in [3.8, 4) is 5.75 Å². The number of benzene rings is 1. The van der Waals surface area contributed by atoms with Gasteiger partial charge in [-0.1, -0.05) is 12.1 Å². The van der Waals surface area contributed by atoms with Gasteiger partial charge in [0.05, 0.1) is 11.8 Å². The molecule has 0 aliphatic rings. The molecule has 2 aromatic heterocycles. The second-order valence-corrected chi connectivity index (χ2v) is 5.10. The van der Waals surface area contributed by atoms with Gasteiger partial charge in [0.1, 0.15) is 5.75 Å². The maximum absolute atomic E-state index is 12.2. The van der Waals surface area contributed by atoms with Crippen LogP contribution in [0.25, 0.3) is 0 Å². The van der Waals surface area contributed by atoms with Gasteiger partial charge in [0, 0.05) is 35.9 Å². The van der Waals surface area contributed by atoms with Crippen molar-refractivity contribution in [2.45, 2.75) is 0 Å². The van der Waals surface area contributed by atoms with Crippen LogP contribution >= 0.6 is 0 Å². The summed E-state index contributed by atoms with van der Waals surface area (Å²) in [6, 6.07) is 13.3. The molecule has 0 aliphatic carbocycles. The number of amides is 1. The molecule has 1 aromatic carbocycles. The first-order chi connectivity index (χ1) is 12.7. The molecule has 3 aromatic rings. The van der Waals surface area contributed by atoms with Gasteiger partial charge in [-0.3, -0.25) is 14.8 Å². The van der Waals surface area contributed by atoms with E-state index in [1.807, 2.05) is 0 Å². The van der Waals surface area contributed by atoms with Crippen molar-refractivity contribution in [1.29, 1.82) is 0 Å². The van der Waals surface area contributed by atoms with Crippen molar-refractivity contribution in [3.63, 3.8) is 0 Å². The van der Waals surface area contributed by atoms with E-state index in [4.69, 9.17) is 4.74 Å². The molecule has 7 nitrogen and oxygen atoms in total. The quantitative estimate of drug-likeness (QED) is 0.331. The molecule has 7 heteroatoms. The van der Waals surface area contributed by atoms with Crippen molar-refractivity contribution in [1.82, 2.24) is 15.4 Å². The van der Waals surface area contributed by atoms with Gasteiger partial charge >= 0.3 is 5.97 Å². The molecule has 26 heavy (non-hydrogen) atoms. The average molecular weight is 346 g/mol. The molecule has 0 bridgehead atoms. The second kappa shape index (κ2) is 8.29. The minimum absolute atomic E-state index is 0.322. The van der Waals surface area contributed by atoms with Gasteiger partial charge in [0.15, 0.2) is 0 Å². The van der Waals surface area contributed by atoms with Crippen molar-refractivity contribution < 1.29 is 14.3 Å². The van der Waals surface area contributed by atoms with Gasteiger partial charge in [0.25, 0.3) is 5.91 Å². The molecule has 0 fully saturated rings. The Labute approximate surface area is 149 Å². The van der Waals surface area contributed by atoms with E-state index in [-0.39, 0.29) is 5.91 Å². The van der Waals surface area contributed by atoms with Gasteiger partial charge in [-0.25, -0.2) is 10.2 Å². The number of para-hydroxylation sites is 1. The van der Waals surface area contributed by atoms with Crippen molar-refractivity contribution >= 4 is 18.1 Å². The summed E-state index contributed by atoms with van der Waals surface area (Å²) in [4.78, 5) is 31.8. The molecule has 0 saturated heterocycles. The van der Waals surface area contributed by atoms with Gasteiger partial charge in [-0.05, 0) is 36.4 Å². The van der Waals surface area contributed by atoms with E-state index in [1.165, 1.54) is 24.8 Å².